The van der Waals surface area contributed by atoms with Gasteiger partial charge in [-0.3, -0.25) is 9.36 Å². The Morgan fingerprint density at radius 3 is 2.31 bits per heavy atom. The summed E-state index contributed by atoms with van der Waals surface area (Å²) in [4.78, 5) is 25.6. The van der Waals surface area contributed by atoms with Crippen LogP contribution in [0.5, 0.6) is 0 Å². The number of halogens is 3. The Hall–Kier alpha value is -2.74. The van der Waals surface area contributed by atoms with Crippen molar-refractivity contribution in [3.05, 3.63) is 34.2 Å². The zero-order valence-corrected chi connectivity index (χ0v) is 23.5. The molecule has 2 aromatic heterocycles. The molecule has 3 heterocycles. The average Bonchev–Trinajstić information content (AvgIpc) is 3.23. The average molecular weight is 600 g/mol. The van der Waals surface area contributed by atoms with Crippen molar-refractivity contribution < 1.29 is 17.6 Å². The van der Waals surface area contributed by atoms with Gasteiger partial charge in [-0.25, -0.2) is 27.1 Å². The molecule has 4 N–H and O–H groups in total. The van der Waals surface area contributed by atoms with E-state index < -0.39 is 15.8 Å². The number of nitrogens with zero attached hydrogens (tertiary/aromatic N) is 5. The number of hydrogen-bond donors (Lipinski definition) is 3. The monoisotopic (exact) mass is 598 g/mol. The third kappa shape index (κ3) is 6.06. The van der Waals surface area contributed by atoms with Gasteiger partial charge in [0.05, 0.1) is 28.2 Å². The summed E-state index contributed by atoms with van der Waals surface area (Å²) in [7, 11) is -3.22. The van der Waals surface area contributed by atoms with Crippen molar-refractivity contribution in [2.75, 3.05) is 30.0 Å². The van der Waals surface area contributed by atoms with Gasteiger partial charge in [0.25, 0.3) is 0 Å². The van der Waals surface area contributed by atoms with Crippen LogP contribution in [0.1, 0.15) is 44.6 Å². The fraction of sp³-hybridized carbons (Fsp3) is 0.500. The Labute approximate surface area is 235 Å². The number of fused-ring (bicyclic) bond motifs is 1. The molecule has 1 saturated heterocycles. The minimum atomic E-state index is -3.22. The summed E-state index contributed by atoms with van der Waals surface area (Å²) in [5, 5.41) is 6.69. The molecule has 0 radical (unpaired) electrons. The standard InChI is InChI=1S/C24H29Cl2FN8O3S/c1-39(37,38)34-8-6-15(7-9-34)30-23-29-12-19-22(33-23)35(16-4-2-13(3-5-16)21(28)36)24(31-19)32-20-17(25)10-14(27)11-18(20)26/h10-13,15-16H,2-9H2,1H3,(H2,28,36)(H,31,32)(H,29,30,33)/t13-,16+. The van der Waals surface area contributed by atoms with Gasteiger partial charge in [-0.2, -0.15) is 4.98 Å². The van der Waals surface area contributed by atoms with Gasteiger partial charge in [-0.1, -0.05) is 23.2 Å². The normalized spacial score (nSPS) is 21.2. The molecule has 0 unspecified atom stereocenters. The summed E-state index contributed by atoms with van der Waals surface area (Å²) in [6.07, 6.45) is 6.69. The number of sulfonamides is 1. The molecule has 3 aromatic rings. The summed E-state index contributed by atoms with van der Waals surface area (Å²) in [5.74, 6) is -0.230. The molecule has 210 valence electrons. The molecule has 1 aromatic carbocycles. The molecule has 0 bridgehead atoms. The highest BCUT2D eigenvalue weighted by atomic mass is 35.5. The zero-order valence-electron chi connectivity index (χ0n) is 21.2. The molecule has 5 rings (SSSR count). The van der Waals surface area contributed by atoms with E-state index in [1.165, 1.54) is 10.6 Å². The Bertz CT molecular complexity index is 1480. The minimum Gasteiger partial charge on any atom is -0.369 e. The van der Waals surface area contributed by atoms with Crippen LogP contribution in [0.15, 0.2) is 18.3 Å². The van der Waals surface area contributed by atoms with Gasteiger partial charge in [0.2, 0.25) is 27.8 Å². The number of nitrogens with one attached hydrogen (secondary N) is 2. The number of rotatable bonds is 7. The lowest BCUT2D eigenvalue weighted by molar-refractivity contribution is -0.122. The Kier molecular flexibility index (Phi) is 7.86. The molecule has 1 aliphatic heterocycles. The van der Waals surface area contributed by atoms with E-state index in [1.54, 1.807) is 6.20 Å². The van der Waals surface area contributed by atoms with E-state index in [1.807, 2.05) is 4.57 Å². The highest BCUT2D eigenvalue weighted by Crippen LogP contribution is 2.39. The largest absolute Gasteiger partial charge is 0.369 e. The van der Waals surface area contributed by atoms with Crippen molar-refractivity contribution in [2.24, 2.45) is 11.7 Å². The van der Waals surface area contributed by atoms with Crippen LogP contribution in [0.25, 0.3) is 11.2 Å². The molecule has 1 amide bonds. The molecule has 39 heavy (non-hydrogen) atoms. The SMILES string of the molecule is CS(=O)(=O)N1CCC(Nc2ncc3nc(Nc4c(Cl)cc(F)cc4Cl)n([C@H]4CC[C@@H](C(N)=O)CC4)c3n2)CC1. The number of hydrogen-bond acceptors (Lipinski definition) is 8. The minimum absolute atomic E-state index is 0.0113. The number of primary amides is 1. The first kappa shape index (κ1) is 27.8. The number of carbonyl (C=O) groups is 1. The first-order chi connectivity index (χ1) is 18.5. The van der Waals surface area contributed by atoms with Gasteiger partial charge in [-0.15, -0.1) is 0 Å². The maximum Gasteiger partial charge on any atom is 0.224 e. The van der Waals surface area contributed by atoms with Gasteiger partial charge >= 0.3 is 0 Å². The van der Waals surface area contributed by atoms with Crippen molar-refractivity contribution in [3.8, 4) is 0 Å². The van der Waals surface area contributed by atoms with Crippen LogP contribution >= 0.6 is 23.2 Å². The van der Waals surface area contributed by atoms with Gasteiger partial charge in [0, 0.05) is 31.1 Å². The van der Waals surface area contributed by atoms with E-state index in [0.29, 0.717) is 80.4 Å². The van der Waals surface area contributed by atoms with Crippen molar-refractivity contribution in [1.82, 2.24) is 23.8 Å². The van der Waals surface area contributed by atoms with Gasteiger partial charge in [-0.05, 0) is 50.7 Å². The molecule has 15 heteroatoms. The first-order valence-corrected chi connectivity index (χ1v) is 15.3. The lowest BCUT2D eigenvalue weighted by Crippen LogP contribution is -2.42. The molecule has 0 spiro atoms. The Morgan fingerprint density at radius 1 is 1.08 bits per heavy atom. The third-order valence-electron chi connectivity index (χ3n) is 7.40. The Morgan fingerprint density at radius 2 is 1.72 bits per heavy atom. The number of anilines is 3. The molecular formula is C24H29Cl2FN8O3S. The van der Waals surface area contributed by atoms with Crippen LogP contribution in [0, 0.1) is 11.7 Å². The van der Waals surface area contributed by atoms with Crippen molar-refractivity contribution in [1.29, 1.82) is 0 Å². The maximum absolute atomic E-state index is 13.8. The number of carbonyl (C=O) groups excluding carboxylic acids is 1. The summed E-state index contributed by atoms with van der Waals surface area (Å²) in [6.45, 7) is 0.847. The summed E-state index contributed by atoms with van der Waals surface area (Å²) in [6, 6.07) is 2.29. The summed E-state index contributed by atoms with van der Waals surface area (Å²) >= 11 is 12.6. The summed E-state index contributed by atoms with van der Waals surface area (Å²) in [5.41, 5.74) is 6.95. The predicted octanol–water partition coefficient (Wildman–Crippen LogP) is 4.07. The van der Waals surface area contributed by atoms with Gasteiger partial charge < -0.3 is 16.4 Å². The lowest BCUT2D eigenvalue weighted by atomic mass is 9.85. The Balaban J connectivity index is 1.46. The molecule has 2 fully saturated rings. The number of piperidine rings is 1. The predicted molar refractivity (Wildman–Crippen MR) is 148 cm³/mol. The molecule has 1 aliphatic carbocycles. The lowest BCUT2D eigenvalue weighted by Gasteiger charge is -2.30. The second-order valence-corrected chi connectivity index (χ2v) is 12.9. The van der Waals surface area contributed by atoms with Gasteiger partial charge in [0.15, 0.2) is 5.65 Å². The van der Waals surface area contributed by atoms with Crippen LogP contribution in [0.4, 0.5) is 22.0 Å². The van der Waals surface area contributed by atoms with E-state index in [9.17, 15) is 17.6 Å². The van der Waals surface area contributed by atoms with Crippen molar-refractivity contribution in [3.63, 3.8) is 0 Å². The number of benzene rings is 1. The highest BCUT2D eigenvalue weighted by Gasteiger charge is 2.30. The zero-order chi connectivity index (χ0) is 27.9. The first-order valence-electron chi connectivity index (χ1n) is 12.7. The van der Waals surface area contributed by atoms with Crippen LogP contribution in [-0.2, 0) is 14.8 Å². The number of amides is 1. The fourth-order valence-electron chi connectivity index (χ4n) is 5.30. The van der Waals surface area contributed by atoms with Crippen LogP contribution < -0.4 is 16.4 Å². The van der Waals surface area contributed by atoms with Crippen LogP contribution in [0.3, 0.4) is 0 Å². The quantitative estimate of drug-likeness (QED) is 0.368. The number of imidazole rings is 1. The third-order valence-corrected chi connectivity index (χ3v) is 9.30. The molecule has 1 saturated carbocycles. The van der Waals surface area contributed by atoms with E-state index in [-0.39, 0.29) is 34.0 Å². The summed E-state index contributed by atoms with van der Waals surface area (Å²) < 4.78 is 40.9. The number of aromatic nitrogens is 4. The maximum atomic E-state index is 13.8. The van der Waals surface area contributed by atoms with E-state index in [0.717, 1.165) is 12.1 Å². The van der Waals surface area contributed by atoms with E-state index >= 15 is 0 Å². The second kappa shape index (κ2) is 11.0. The van der Waals surface area contributed by atoms with E-state index in [4.69, 9.17) is 33.9 Å². The molecule has 2 aliphatic rings. The molecular weight excluding hydrogens is 570 g/mol. The molecule has 0 atom stereocenters. The van der Waals surface area contributed by atoms with Crippen LogP contribution in [0.2, 0.25) is 10.0 Å². The topological polar surface area (TPSA) is 148 Å². The van der Waals surface area contributed by atoms with E-state index in [2.05, 4.69) is 20.6 Å². The second-order valence-electron chi connectivity index (χ2n) is 10.1. The molecule has 11 nitrogen and oxygen atoms in total. The highest BCUT2D eigenvalue weighted by molar-refractivity contribution is 7.88. The van der Waals surface area contributed by atoms with Crippen molar-refractivity contribution >= 4 is 67.9 Å². The fourth-order valence-corrected chi connectivity index (χ4v) is 6.73. The van der Waals surface area contributed by atoms with Crippen LogP contribution in [-0.4, -0.2) is 63.5 Å². The smallest absolute Gasteiger partial charge is 0.224 e. The van der Waals surface area contributed by atoms with Gasteiger partial charge in [0.1, 0.15) is 11.3 Å². The van der Waals surface area contributed by atoms with Crippen molar-refractivity contribution in [2.45, 2.75) is 50.6 Å². The number of nitrogens with two attached hydrogens (primary N) is 1.